The number of ether oxygens (including phenoxy) is 3. The van der Waals surface area contributed by atoms with Crippen molar-refractivity contribution >= 4 is 12.0 Å². The Balaban J connectivity index is 1.59. The molecule has 0 spiro atoms. The van der Waals surface area contributed by atoms with Crippen LogP contribution >= 0.6 is 0 Å². The van der Waals surface area contributed by atoms with Crippen molar-refractivity contribution in [3.05, 3.63) is 107 Å². The van der Waals surface area contributed by atoms with Gasteiger partial charge in [0.2, 0.25) is 0 Å². The molecule has 0 saturated carbocycles. The molecule has 0 radical (unpaired) electrons. The molecule has 2 amide bonds. The third-order valence-electron chi connectivity index (χ3n) is 5.46. The largest absolute Gasteiger partial charge is 0.493 e. The molecule has 7 nitrogen and oxygen atoms in total. The average Bonchev–Trinajstić information content (AvgIpc) is 2.86. The summed E-state index contributed by atoms with van der Waals surface area (Å²) in [5.74, 6) is 0.543. The summed E-state index contributed by atoms with van der Waals surface area (Å²) in [5.41, 5.74) is 3.32. The van der Waals surface area contributed by atoms with Crippen molar-refractivity contribution in [3.63, 3.8) is 0 Å². The molecule has 1 aliphatic heterocycles. The van der Waals surface area contributed by atoms with E-state index in [1.54, 1.807) is 32.2 Å². The van der Waals surface area contributed by atoms with Crippen LogP contribution in [0, 0.1) is 0 Å². The predicted molar refractivity (Wildman–Crippen MR) is 127 cm³/mol. The molecule has 1 aliphatic rings. The van der Waals surface area contributed by atoms with Gasteiger partial charge in [-0.1, -0.05) is 66.7 Å². The first-order valence-corrected chi connectivity index (χ1v) is 10.9. The van der Waals surface area contributed by atoms with Crippen molar-refractivity contribution in [1.82, 2.24) is 10.6 Å². The number of urea groups is 1. The number of hydrogen-bond acceptors (Lipinski definition) is 5. The van der Waals surface area contributed by atoms with Crippen molar-refractivity contribution in [2.24, 2.45) is 0 Å². The Morgan fingerprint density at radius 3 is 2.18 bits per heavy atom. The molecule has 7 heteroatoms. The number of carbonyl (C=O) groups excluding carboxylic acids is 2. The third kappa shape index (κ3) is 5.38. The van der Waals surface area contributed by atoms with E-state index in [1.165, 1.54) is 0 Å². The fourth-order valence-corrected chi connectivity index (χ4v) is 3.74. The minimum Gasteiger partial charge on any atom is -0.493 e. The van der Waals surface area contributed by atoms with E-state index in [2.05, 4.69) is 10.6 Å². The normalized spacial score (nSPS) is 15.2. The van der Waals surface area contributed by atoms with Gasteiger partial charge in [0.1, 0.15) is 13.2 Å². The van der Waals surface area contributed by atoms with E-state index in [4.69, 9.17) is 14.2 Å². The number of methoxy groups -OCH3 is 1. The maximum atomic E-state index is 13.1. The monoisotopic (exact) mass is 458 g/mol. The third-order valence-corrected chi connectivity index (χ3v) is 5.46. The Morgan fingerprint density at radius 2 is 1.53 bits per heavy atom. The Hall–Kier alpha value is -4.26. The van der Waals surface area contributed by atoms with E-state index in [-0.39, 0.29) is 6.61 Å². The number of hydrogen-bond donors (Lipinski definition) is 2. The van der Waals surface area contributed by atoms with Crippen LogP contribution in [0.2, 0.25) is 0 Å². The van der Waals surface area contributed by atoms with Gasteiger partial charge in [-0.2, -0.15) is 0 Å². The second-order valence-electron chi connectivity index (χ2n) is 7.82. The average molecular weight is 459 g/mol. The fourth-order valence-electron chi connectivity index (χ4n) is 3.74. The maximum Gasteiger partial charge on any atom is 0.338 e. The topological polar surface area (TPSA) is 85.9 Å². The standard InChI is InChI=1S/C27H26N2O5/c1-18-24(26(30)34-17-20-11-7-4-8-12-20)25(29-27(31)28-18)21-13-14-22(32-2)23(15-21)33-16-19-9-5-3-6-10-19/h3-15,25H,16-17H2,1-2H3,(H2,28,29,31). The zero-order valence-corrected chi connectivity index (χ0v) is 19.0. The Labute approximate surface area is 198 Å². The molecule has 0 fully saturated rings. The minimum absolute atomic E-state index is 0.130. The summed E-state index contributed by atoms with van der Waals surface area (Å²) in [5, 5.41) is 5.49. The number of nitrogens with one attached hydrogen (secondary N) is 2. The van der Waals surface area contributed by atoms with Crippen molar-refractivity contribution in [3.8, 4) is 11.5 Å². The second-order valence-corrected chi connectivity index (χ2v) is 7.82. The lowest BCUT2D eigenvalue weighted by atomic mass is 9.95. The van der Waals surface area contributed by atoms with E-state index < -0.39 is 18.0 Å². The van der Waals surface area contributed by atoms with E-state index in [9.17, 15) is 9.59 Å². The van der Waals surface area contributed by atoms with E-state index in [0.29, 0.717) is 34.9 Å². The van der Waals surface area contributed by atoms with Crippen LogP contribution in [0.4, 0.5) is 4.79 Å². The van der Waals surface area contributed by atoms with Crippen LogP contribution in [-0.4, -0.2) is 19.1 Å². The number of esters is 1. The molecule has 0 aromatic heterocycles. The van der Waals surface area contributed by atoms with Gasteiger partial charge in [-0.15, -0.1) is 0 Å². The molecule has 1 heterocycles. The molecular formula is C27H26N2O5. The van der Waals surface area contributed by atoms with Crippen molar-refractivity contribution < 1.29 is 23.8 Å². The Bertz CT molecular complexity index is 1190. The molecule has 0 aliphatic carbocycles. The number of amides is 2. The van der Waals surface area contributed by atoms with E-state index in [1.807, 2.05) is 60.7 Å². The van der Waals surface area contributed by atoms with Crippen LogP contribution in [0.5, 0.6) is 11.5 Å². The molecule has 0 bridgehead atoms. The van der Waals surface area contributed by atoms with Gasteiger partial charge in [0.25, 0.3) is 0 Å². The van der Waals surface area contributed by atoms with Gasteiger partial charge >= 0.3 is 12.0 Å². The van der Waals surface area contributed by atoms with Crippen LogP contribution in [0.15, 0.2) is 90.1 Å². The lowest BCUT2D eigenvalue weighted by Gasteiger charge is -2.28. The summed E-state index contributed by atoms with van der Waals surface area (Å²) in [4.78, 5) is 25.3. The molecule has 3 aromatic carbocycles. The minimum atomic E-state index is -0.706. The Kier molecular flexibility index (Phi) is 7.13. The maximum absolute atomic E-state index is 13.1. The summed E-state index contributed by atoms with van der Waals surface area (Å²) in [6, 6.07) is 23.4. The molecule has 174 valence electrons. The predicted octanol–water partition coefficient (Wildman–Crippen LogP) is 4.65. The van der Waals surface area contributed by atoms with Crippen LogP contribution in [0.1, 0.15) is 29.7 Å². The first kappa shape index (κ1) is 22.9. The number of allylic oxidation sites excluding steroid dienone is 1. The van der Waals surface area contributed by atoms with Crippen LogP contribution < -0.4 is 20.1 Å². The Morgan fingerprint density at radius 1 is 0.882 bits per heavy atom. The van der Waals surface area contributed by atoms with Gasteiger partial charge in [-0.05, 0) is 35.7 Å². The highest BCUT2D eigenvalue weighted by Crippen LogP contribution is 2.35. The summed E-state index contributed by atoms with van der Waals surface area (Å²) in [6.07, 6.45) is 0. The molecule has 2 N–H and O–H groups in total. The molecule has 1 atom stereocenters. The van der Waals surface area contributed by atoms with Crippen molar-refractivity contribution in [2.45, 2.75) is 26.2 Å². The van der Waals surface area contributed by atoms with Gasteiger partial charge in [0.05, 0.1) is 18.7 Å². The van der Waals surface area contributed by atoms with Gasteiger partial charge in [-0.25, -0.2) is 9.59 Å². The molecule has 1 unspecified atom stereocenters. The van der Waals surface area contributed by atoms with Crippen LogP contribution in [-0.2, 0) is 22.7 Å². The highest BCUT2D eigenvalue weighted by molar-refractivity contribution is 5.95. The number of rotatable bonds is 8. The van der Waals surface area contributed by atoms with Gasteiger partial charge < -0.3 is 24.8 Å². The van der Waals surface area contributed by atoms with Crippen molar-refractivity contribution in [1.29, 1.82) is 0 Å². The van der Waals surface area contributed by atoms with E-state index in [0.717, 1.165) is 11.1 Å². The van der Waals surface area contributed by atoms with Gasteiger partial charge in [0, 0.05) is 5.70 Å². The SMILES string of the molecule is COc1ccc(C2NC(=O)NC(C)=C2C(=O)OCc2ccccc2)cc1OCc1ccccc1. The summed E-state index contributed by atoms with van der Waals surface area (Å²) in [6.45, 7) is 2.16. The molecule has 0 saturated heterocycles. The first-order chi connectivity index (χ1) is 16.5. The summed E-state index contributed by atoms with van der Waals surface area (Å²) in [7, 11) is 1.56. The van der Waals surface area contributed by atoms with Gasteiger partial charge in [-0.3, -0.25) is 0 Å². The highest BCUT2D eigenvalue weighted by atomic mass is 16.5. The molecule has 34 heavy (non-hydrogen) atoms. The second kappa shape index (κ2) is 10.6. The molecule has 4 rings (SSSR count). The zero-order valence-electron chi connectivity index (χ0n) is 19.0. The lowest BCUT2D eigenvalue weighted by molar-refractivity contribution is -0.140. The number of benzene rings is 3. The fraction of sp³-hybridized carbons (Fsp3) is 0.185. The number of carbonyl (C=O) groups is 2. The quantitative estimate of drug-likeness (QED) is 0.480. The van der Waals surface area contributed by atoms with Gasteiger partial charge in [0.15, 0.2) is 11.5 Å². The summed E-state index contributed by atoms with van der Waals surface area (Å²) < 4.78 is 17.0. The summed E-state index contributed by atoms with van der Waals surface area (Å²) >= 11 is 0. The van der Waals surface area contributed by atoms with Crippen LogP contribution in [0.25, 0.3) is 0 Å². The smallest absolute Gasteiger partial charge is 0.338 e. The van der Waals surface area contributed by atoms with E-state index >= 15 is 0 Å². The molecular weight excluding hydrogens is 432 g/mol. The van der Waals surface area contributed by atoms with Crippen LogP contribution in [0.3, 0.4) is 0 Å². The van der Waals surface area contributed by atoms with Crippen molar-refractivity contribution in [2.75, 3.05) is 7.11 Å². The lowest BCUT2D eigenvalue weighted by Crippen LogP contribution is -2.45. The first-order valence-electron chi connectivity index (χ1n) is 10.9. The highest BCUT2D eigenvalue weighted by Gasteiger charge is 2.32. The zero-order chi connectivity index (χ0) is 23.9. The molecule has 3 aromatic rings.